The summed E-state index contributed by atoms with van der Waals surface area (Å²) in [4.78, 5) is 4.84. The van der Waals surface area contributed by atoms with Crippen LogP contribution in [0.3, 0.4) is 0 Å². The molecule has 0 unspecified atom stereocenters. The maximum Gasteiger partial charge on any atom is 0.244 e. The lowest BCUT2D eigenvalue weighted by atomic mass is 9.84. The number of sulfone groups is 1. The second-order valence-electron chi connectivity index (χ2n) is 11.6. The summed E-state index contributed by atoms with van der Waals surface area (Å²) in [5, 5.41) is 10.2. The molecule has 1 N–H and O–H groups in total. The number of rotatable bonds is 10. The van der Waals surface area contributed by atoms with E-state index in [1.807, 2.05) is 12.2 Å². The Morgan fingerprint density at radius 1 is 1.12 bits per heavy atom. The van der Waals surface area contributed by atoms with Gasteiger partial charge in [-0.1, -0.05) is 12.1 Å². The molecule has 2 atom stereocenters. The second kappa shape index (κ2) is 10.8. The number of allylic oxidation sites excluding steroid dienone is 1. The number of piperidine rings is 1. The molecule has 6 rings (SSSR count). The fourth-order valence-electron chi connectivity index (χ4n) is 6.02. The van der Waals surface area contributed by atoms with Crippen molar-refractivity contribution in [2.24, 2.45) is 5.92 Å². The average molecular weight is 589 g/mol. The van der Waals surface area contributed by atoms with Gasteiger partial charge in [-0.05, 0) is 93.2 Å². The van der Waals surface area contributed by atoms with Crippen molar-refractivity contribution in [1.29, 1.82) is 0 Å². The van der Waals surface area contributed by atoms with Gasteiger partial charge in [0.15, 0.2) is 9.84 Å². The summed E-state index contributed by atoms with van der Waals surface area (Å²) in [6.45, 7) is 1.52. The van der Waals surface area contributed by atoms with Crippen LogP contribution < -0.4 is 4.74 Å². The molecule has 1 spiro atoms. The first-order valence-corrected chi connectivity index (χ1v) is 17.1. The third kappa shape index (κ3) is 5.72. The topological polar surface area (TPSA) is 123 Å². The van der Waals surface area contributed by atoms with E-state index in [1.165, 1.54) is 6.20 Å². The Morgan fingerprint density at radius 3 is 2.70 bits per heavy atom. The zero-order chi connectivity index (χ0) is 28.0. The zero-order valence-electron chi connectivity index (χ0n) is 22.4. The van der Waals surface area contributed by atoms with Gasteiger partial charge in [0.1, 0.15) is 17.3 Å². The molecular weight excluding hydrogens is 552 g/mol. The lowest BCUT2D eigenvalue weighted by molar-refractivity contribution is -0.0314. The highest BCUT2D eigenvalue weighted by Gasteiger charge is 2.44. The van der Waals surface area contributed by atoms with Gasteiger partial charge in [-0.15, -0.1) is 0 Å². The highest BCUT2D eigenvalue weighted by atomic mass is 32.2. The van der Waals surface area contributed by atoms with Crippen LogP contribution >= 0.6 is 0 Å². The average Bonchev–Trinajstić information content (AvgIpc) is 3.60. The monoisotopic (exact) mass is 588 g/mol. The number of fused-ring (bicyclic) bond motifs is 1. The van der Waals surface area contributed by atoms with E-state index < -0.39 is 26.0 Å². The molecule has 1 aromatic heterocycles. The number of pyridine rings is 1. The Bertz CT molecular complexity index is 1490. The number of sulfonamides is 1. The predicted octanol–water partition coefficient (Wildman–Crippen LogP) is 3.37. The SMILES string of the molecule is O=S(=O)(c1cccc(OC[C@@H](O)CC[C@H]2COC3(CCN(S(=O)(=O)c4cnc5c(c4)CC=C5)CC3)C2)c1)C1CC1. The molecule has 0 radical (unpaired) electrons. The smallest absolute Gasteiger partial charge is 0.244 e. The largest absolute Gasteiger partial charge is 0.491 e. The summed E-state index contributed by atoms with van der Waals surface area (Å²) >= 11 is 0. The van der Waals surface area contributed by atoms with Crippen molar-refractivity contribution in [3.63, 3.8) is 0 Å². The van der Waals surface area contributed by atoms with Crippen molar-refractivity contribution in [3.8, 4) is 5.75 Å². The summed E-state index contributed by atoms with van der Waals surface area (Å²) < 4.78 is 65.0. The van der Waals surface area contributed by atoms with Gasteiger partial charge in [0.05, 0.1) is 34.2 Å². The van der Waals surface area contributed by atoms with Crippen LogP contribution in [-0.4, -0.2) is 74.5 Å². The highest BCUT2D eigenvalue weighted by Crippen LogP contribution is 2.41. The van der Waals surface area contributed by atoms with Crippen LogP contribution in [-0.2, 0) is 31.0 Å². The van der Waals surface area contributed by atoms with Crippen LogP contribution in [0.2, 0.25) is 0 Å². The van der Waals surface area contributed by atoms with Crippen LogP contribution in [0, 0.1) is 5.92 Å². The van der Waals surface area contributed by atoms with E-state index in [9.17, 15) is 21.9 Å². The molecule has 3 heterocycles. The molecule has 2 saturated heterocycles. The van der Waals surface area contributed by atoms with Crippen molar-refractivity contribution in [3.05, 3.63) is 53.9 Å². The Hall–Kier alpha value is -2.31. The Labute approximate surface area is 236 Å². The molecule has 3 fully saturated rings. The summed E-state index contributed by atoms with van der Waals surface area (Å²) in [7, 11) is -6.89. The molecule has 1 saturated carbocycles. The van der Waals surface area contributed by atoms with E-state index in [4.69, 9.17) is 9.47 Å². The Balaban J connectivity index is 0.959. The first kappa shape index (κ1) is 27.8. The number of aliphatic hydroxyl groups excluding tert-OH is 1. The predicted molar refractivity (Wildman–Crippen MR) is 149 cm³/mol. The van der Waals surface area contributed by atoms with Crippen molar-refractivity contribution in [1.82, 2.24) is 9.29 Å². The molecule has 4 aliphatic rings. The first-order chi connectivity index (χ1) is 19.1. The summed E-state index contributed by atoms with van der Waals surface area (Å²) in [6, 6.07) is 8.25. The highest BCUT2D eigenvalue weighted by molar-refractivity contribution is 7.92. The Kier molecular flexibility index (Phi) is 7.54. The molecule has 0 bridgehead atoms. The van der Waals surface area contributed by atoms with Crippen molar-refractivity contribution >= 4 is 25.9 Å². The second-order valence-corrected chi connectivity index (χ2v) is 15.7. The van der Waals surface area contributed by atoms with Gasteiger partial charge in [0.2, 0.25) is 10.0 Å². The van der Waals surface area contributed by atoms with Gasteiger partial charge in [0.25, 0.3) is 0 Å². The standard InChI is InChI=1S/C29H36N2O7S2/c32-23(20-37-24-4-2-5-26(16-24)39(33,34)25-9-10-25)8-7-21-17-29(38-19-21)11-13-31(14-12-29)40(35,36)27-15-22-3-1-6-28(22)30-18-27/h1-2,4-6,15-16,18,21,23,25,32H,3,7-14,17,19-20H2/t21-,23+/m1/s1. The summed E-state index contributed by atoms with van der Waals surface area (Å²) in [5.41, 5.74) is 1.47. The van der Waals surface area contributed by atoms with E-state index in [2.05, 4.69) is 4.98 Å². The minimum absolute atomic E-state index is 0.0894. The molecule has 11 heteroatoms. The number of ether oxygens (including phenoxy) is 2. The van der Waals surface area contributed by atoms with Crippen molar-refractivity contribution < 1.29 is 31.4 Å². The van der Waals surface area contributed by atoms with Crippen LogP contribution in [0.5, 0.6) is 5.75 Å². The van der Waals surface area contributed by atoms with Gasteiger partial charge in [-0.25, -0.2) is 16.8 Å². The fraction of sp³-hybridized carbons (Fsp3) is 0.552. The zero-order valence-corrected chi connectivity index (χ0v) is 24.1. The van der Waals surface area contributed by atoms with Crippen molar-refractivity contribution in [2.75, 3.05) is 26.3 Å². The maximum absolute atomic E-state index is 13.3. The number of hydrogen-bond donors (Lipinski definition) is 1. The van der Waals surface area contributed by atoms with Gasteiger partial charge in [0, 0.05) is 19.3 Å². The lowest BCUT2D eigenvalue weighted by Crippen LogP contribution is -2.46. The molecule has 2 aromatic rings. The number of hydrogen-bond acceptors (Lipinski definition) is 8. The molecule has 9 nitrogen and oxygen atoms in total. The molecular formula is C29H36N2O7S2. The van der Waals surface area contributed by atoms with Crippen LogP contribution in [0.1, 0.15) is 56.2 Å². The van der Waals surface area contributed by atoms with Gasteiger partial charge in [-0.2, -0.15) is 4.31 Å². The molecule has 0 amide bonds. The van der Waals surface area contributed by atoms with Gasteiger partial charge >= 0.3 is 0 Å². The quantitative estimate of drug-likeness (QED) is 0.448. The molecule has 2 aliphatic heterocycles. The summed E-state index contributed by atoms with van der Waals surface area (Å²) in [5.74, 6) is 0.733. The fourth-order valence-corrected chi connectivity index (χ4v) is 9.15. The third-order valence-electron chi connectivity index (χ3n) is 8.59. The minimum atomic E-state index is -3.60. The summed E-state index contributed by atoms with van der Waals surface area (Å²) in [6.07, 6.45) is 10.3. The molecule has 216 valence electrons. The third-order valence-corrected chi connectivity index (χ3v) is 12.7. The number of aliphatic hydroxyl groups is 1. The van der Waals surface area contributed by atoms with Crippen LogP contribution in [0.15, 0.2) is 52.4 Å². The van der Waals surface area contributed by atoms with Crippen LogP contribution in [0.25, 0.3) is 6.08 Å². The minimum Gasteiger partial charge on any atom is -0.491 e. The van der Waals surface area contributed by atoms with E-state index >= 15 is 0 Å². The van der Waals surface area contributed by atoms with E-state index in [0.717, 1.165) is 24.1 Å². The number of aromatic nitrogens is 1. The van der Waals surface area contributed by atoms with E-state index in [1.54, 1.807) is 34.6 Å². The van der Waals surface area contributed by atoms with Crippen molar-refractivity contribution in [2.45, 2.75) is 78.1 Å². The maximum atomic E-state index is 13.3. The van der Waals surface area contributed by atoms with Gasteiger partial charge < -0.3 is 14.6 Å². The molecule has 1 aromatic carbocycles. The molecule has 2 aliphatic carbocycles. The molecule has 40 heavy (non-hydrogen) atoms. The Morgan fingerprint density at radius 2 is 1.93 bits per heavy atom. The normalized spacial score (nSPS) is 23.4. The van der Waals surface area contributed by atoms with Gasteiger partial charge in [-0.3, -0.25) is 4.98 Å². The van der Waals surface area contributed by atoms with E-state index in [-0.39, 0.29) is 27.2 Å². The lowest BCUT2D eigenvalue weighted by Gasteiger charge is -2.38. The van der Waals surface area contributed by atoms with E-state index in [0.29, 0.717) is 69.9 Å². The number of benzene rings is 1. The first-order valence-electron chi connectivity index (χ1n) is 14.1. The number of nitrogens with zero attached hydrogens (tertiary/aromatic N) is 2. The van der Waals surface area contributed by atoms with Crippen LogP contribution in [0.4, 0.5) is 0 Å².